The predicted octanol–water partition coefficient (Wildman–Crippen LogP) is 2.09. The van der Waals surface area contributed by atoms with E-state index in [-0.39, 0.29) is 0 Å². The van der Waals surface area contributed by atoms with Gasteiger partial charge in [-0.15, -0.1) is 0 Å². The minimum atomic E-state index is -0.465. The number of hydrogen-bond acceptors (Lipinski definition) is 2. The first-order valence-corrected chi connectivity index (χ1v) is 5.48. The van der Waals surface area contributed by atoms with E-state index in [4.69, 9.17) is 5.73 Å². The number of nitrogens with two attached hydrogens (primary N) is 1. The molecule has 4 heteroatoms. The first kappa shape index (κ1) is 10.7. The summed E-state index contributed by atoms with van der Waals surface area (Å²) in [6.45, 7) is 4.04. The summed E-state index contributed by atoms with van der Waals surface area (Å²) in [5.74, 6) is 0.725. The molecule has 0 radical (unpaired) electrons. The molecule has 0 aliphatic rings. The molecule has 0 aliphatic heterocycles. The molecule has 0 aliphatic carbocycles. The molecule has 0 saturated carbocycles. The lowest BCUT2D eigenvalue weighted by atomic mass is 10.1. The van der Waals surface area contributed by atoms with Gasteiger partial charge in [0.1, 0.15) is 5.82 Å². The normalized spacial score (nSPS) is 10.9. The van der Waals surface area contributed by atoms with Crippen LogP contribution in [0.1, 0.15) is 25.2 Å². The highest BCUT2D eigenvalue weighted by Crippen LogP contribution is 2.20. The van der Waals surface area contributed by atoms with Crippen molar-refractivity contribution in [1.82, 2.24) is 9.55 Å². The Morgan fingerprint density at radius 2 is 2.12 bits per heavy atom. The molecule has 0 atom stereocenters. The number of aromatic nitrogens is 2. The quantitative estimate of drug-likeness (QED) is 0.837. The zero-order valence-corrected chi connectivity index (χ0v) is 9.53. The zero-order chi connectivity index (χ0) is 11.7. The van der Waals surface area contributed by atoms with Gasteiger partial charge >= 0.3 is 6.03 Å². The van der Waals surface area contributed by atoms with Gasteiger partial charge in [0.25, 0.3) is 0 Å². The van der Waals surface area contributed by atoms with E-state index in [1.165, 1.54) is 4.57 Å². The lowest BCUT2D eigenvalue weighted by Gasteiger charge is -2.01. The molecule has 1 aromatic heterocycles. The fourth-order valence-corrected chi connectivity index (χ4v) is 1.97. The van der Waals surface area contributed by atoms with Crippen LogP contribution >= 0.6 is 0 Å². The SMILES string of the molecule is CCc1cccc2c1nc(CC)n2C(N)=O. The third-order valence-electron chi connectivity index (χ3n) is 2.76. The highest BCUT2D eigenvalue weighted by atomic mass is 16.2. The highest BCUT2D eigenvalue weighted by molar-refractivity contribution is 5.90. The number of imidazole rings is 1. The van der Waals surface area contributed by atoms with Crippen molar-refractivity contribution >= 4 is 17.1 Å². The molecule has 0 spiro atoms. The summed E-state index contributed by atoms with van der Waals surface area (Å²) in [6, 6.07) is 5.38. The minimum absolute atomic E-state index is 0.465. The number of aryl methyl sites for hydroxylation is 2. The maximum atomic E-state index is 11.4. The van der Waals surface area contributed by atoms with Crippen LogP contribution in [0.5, 0.6) is 0 Å². The number of nitrogens with zero attached hydrogens (tertiary/aromatic N) is 2. The van der Waals surface area contributed by atoms with Crippen molar-refractivity contribution in [3.8, 4) is 0 Å². The third-order valence-corrected chi connectivity index (χ3v) is 2.76. The second-order valence-corrected chi connectivity index (χ2v) is 3.69. The largest absolute Gasteiger partial charge is 0.351 e. The predicted molar refractivity (Wildman–Crippen MR) is 63.5 cm³/mol. The van der Waals surface area contributed by atoms with E-state index >= 15 is 0 Å². The number of carbonyl (C=O) groups excluding carboxylic acids is 1. The van der Waals surface area contributed by atoms with Crippen LogP contribution in [0.15, 0.2) is 18.2 Å². The van der Waals surface area contributed by atoms with Crippen molar-refractivity contribution in [2.24, 2.45) is 5.73 Å². The number of para-hydroxylation sites is 1. The summed E-state index contributed by atoms with van der Waals surface area (Å²) in [6.07, 6.45) is 1.59. The van der Waals surface area contributed by atoms with Crippen molar-refractivity contribution in [1.29, 1.82) is 0 Å². The van der Waals surface area contributed by atoms with Gasteiger partial charge in [0.15, 0.2) is 0 Å². The molecule has 0 saturated heterocycles. The van der Waals surface area contributed by atoms with Crippen LogP contribution in [0.4, 0.5) is 4.79 Å². The molecule has 4 nitrogen and oxygen atoms in total. The highest BCUT2D eigenvalue weighted by Gasteiger charge is 2.14. The van der Waals surface area contributed by atoms with Crippen LogP contribution in [0, 0.1) is 0 Å². The van der Waals surface area contributed by atoms with Crippen LogP contribution in [-0.4, -0.2) is 15.6 Å². The van der Waals surface area contributed by atoms with E-state index in [1.54, 1.807) is 0 Å². The van der Waals surface area contributed by atoms with Crippen molar-refractivity contribution in [3.05, 3.63) is 29.6 Å². The number of amides is 1. The molecule has 2 rings (SSSR count). The molecule has 1 heterocycles. The molecule has 2 N–H and O–H groups in total. The first-order chi connectivity index (χ1) is 7.69. The van der Waals surface area contributed by atoms with E-state index in [1.807, 2.05) is 25.1 Å². The summed E-state index contributed by atoms with van der Waals surface area (Å²) in [4.78, 5) is 15.9. The van der Waals surface area contributed by atoms with Crippen molar-refractivity contribution in [3.63, 3.8) is 0 Å². The van der Waals surface area contributed by atoms with Crippen LogP contribution in [0.2, 0.25) is 0 Å². The van der Waals surface area contributed by atoms with E-state index < -0.39 is 6.03 Å². The Hall–Kier alpha value is -1.84. The Kier molecular flexibility index (Phi) is 2.64. The van der Waals surface area contributed by atoms with Gasteiger partial charge in [-0.3, -0.25) is 0 Å². The van der Waals surface area contributed by atoms with Crippen LogP contribution in [0.25, 0.3) is 11.0 Å². The minimum Gasteiger partial charge on any atom is -0.351 e. The number of primary amides is 1. The second kappa shape index (κ2) is 3.96. The molecule has 16 heavy (non-hydrogen) atoms. The maximum absolute atomic E-state index is 11.4. The number of fused-ring (bicyclic) bond motifs is 1. The Bertz CT molecular complexity index is 542. The van der Waals surface area contributed by atoms with Gasteiger partial charge in [0, 0.05) is 6.42 Å². The van der Waals surface area contributed by atoms with Crippen LogP contribution < -0.4 is 5.73 Å². The second-order valence-electron chi connectivity index (χ2n) is 3.69. The lowest BCUT2D eigenvalue weighted by Crippen LogP contribution is -2.21. The summed E-state index contributed by atoms with van der Waals surface area (Å²) >= 11 is 0. The smallest absolute Gasteiger partial charge is 0.324 e. The summed E-state index contributed by atoms with van der Waals surface area (Å²) in [7, 11) is 0. The van der Waals surface area contributed by atoms with E-state index in [0.717, 1.165) is 28.8 Å². The Labute approximate surface area is 94.1 Å². The summed E-state index contributed by atoms with van der Waals surface area (Å²) in [5, 5.41) is 0. The Morgan fingerprint density at radius 1 is 1.38 bits per heavy atom. The van der Waals surface area contributed by atoms with Gasteiger partial charge in [-0.05, 0) is 18.1 Å². The fourth-order valence-electron chi connectivity index (χ4n) is 1.97. The average molecular weight is 217 g/mol. The number of carbonyl (C=O) groups is 1. The summed E-state index contributed by atoms with van der Waals surface area (Å²) in [5.41, 5.74) is 8.22. The van der Waals surface area contributed by atoms with Gasteiger partial charge in [0.2, 0.25) is 0 Å². The van der Waals surface area contributed by atoms with Gasteiger partial charge < -0.3 is 5.73 Å². The van der Waals surface area contributed by atoms with Crippen LogP contribution in [0.3, 0.4) is 0 Å². The van der Waals surface area contributed by atoms with Gasteiger partial charge in [0.05, 0.1) is 11.0 Å². The van der Waals surface area contributed by atoms with Crippen molar-refractivity contribution in [2.45, 2.75) is 26.7 Å². The van der Waals surface area contributed by atoms with Crippen molar-refractivity contribution in [2.75, 3.05) is 0 Å². The standard InChI is InChI=1S/C12H15N3O/c1-3-8-6-5-7-9-11(8)14-10(4-2)15(9)12(13)16/h5-7H,3-4H2,1-2H3,(H2,13,16). The molecule has 84 valence electrons. The molecule has 1 aromatic carbocycles. The Morgan fingerprint density at radius 3 is 2.69 bits per heavy atom. The van der Waals surface area contributed by atoms with E-state index in [0.29, 0.717) is 6.42 Å². The molecule has 0 bridgehead atoms. The van der Waals surface area contributed by atoms with E-state index in [9.17, 15) is 4.79 Å². The first-order valence-electron chi connectivity index (χ1n) is 5.48. The average Bonchev–Trinajstić information content (AvgIpc) is 2.66. The monoisotopic (exact) mass is 217 g/mol. The van der Waals surface area contributed by atoms with Gasteiger partial charge in [-0.1, -0.05) is 26.0 Å². The Balaban J connectivity index is 2.82. The maximum Gasteiger partial charge on any atom is 0.324 e. The fraction of sp³-hybridized carbons (Fsp3) is 0.333. The van der Waals surface area contributed by atoms with E-state index in [2.05, 4.69) is 11.9 Å². The molecule has 1 amide bonds. The van der Waals surface area contributed by atoms with Gasteiger partial charge in [-0.25, -0.2) is 14.3 Å². The molecule has 2 aromatic rings. The van der Waals surface area contributed by atoms with Crippen molar-refractivity contribution < 1.29 is 4.79 Å². The number of benzene rings is 1. The lowest BCUT2D eigenvalue weighted by molar-refractivity contribution is 0.250. The molecular formula is C12H15N3O. The molecule has 0 fully saturated rings. The van der Waals surface area contributed by atoms with Gasteiger partial charge in [-0.2, -0.15) is 0 Å². The third kappa shape index (κ3) is 1.46. The molecular weight excluding hydrogens is 202 g/mol. The number of hydrogen-bond donors (Lipinski definition) is 1. The number of rotatable bonds is 2. The summed E-state index contributed by atoms with van der Waals surface area (Å²) < 4.78 is 1.49. The van der Waals surface area contributed by atoms with Crippen LogP contribution in [-0.2, 0) is 12.8 Å². The zero-order valence-electron chi connectivity index (χ0n) is 9.53. The topological polar surface area (TPSA) is 60.9 Å². The molecule has 0 unspecified atom stereocenters.